The van der Waals surface area contributed by atoms with Crippen LogP contribution in [0.5, 0.6) is 0 Å². The highest BCUT2D eigenvalue weighted by atomic mass is 79.9. The van der Waals surface area contributed by atoms with Gasteiger partial charge in [-0.05, 0) is 40.5 Å². The lowest BCUT2D eigenvalue weighted by molar-refractivity contribution is 0.0982. The van der Waals surface area contributed by atoms with Crippen LogP contribution in [0.25, 0.3) is 0 Å². The minimum atomic E-state index is 0.0688. The van der Waals surface area contributed by atoms with Gasteiger partial charge in [-0.2, -0.15) is 5.10 Å². The van der Waals surface area contributed by atoms with E-state index in [1.807, 2.05) is 31.2 Å². The minimum Gasteiger partial charge on any atom is -0.292 e. The van der Waals surface area contributed by atoms with Crippen LogP contribution in [0.2, 0.25) is 0 Å². The van der Waals surface area contributed by atoms with E-state index < -0.39 is 0 Å². The van der Waals surface area contributed by atoms with Crippen LogP contribution in [0, 0.1) is 0 Å². The van der Waals surface area contributed by atoms with E-state index >= 15 is 0 Å². The van der Waals surface area contributed by atoms with Crippen LogP contribution < -0.4 is 0 Å². The lowest BCUT2D eigenvalue weighted by atomic mass is 10.1. The Morgan fingerprint density at radius 1 is 1.39 bits per heavy atom. The van der Waals surface area contributed by atoms with Gasteiger partial charge in [-0.3, -0.25) is 9.48 Å². The van der Waals surface area contributed by atoms with Crippen molar-refractivity contribution in [2.75, 3.05) is 0 Å². The third-order valence-corrected chi connectivity index (χ3v) is 3.69. The summed E-state index contributed by atoms with van der Waals surface area (Å²) in [4.78, 5) is 12.3. The van der Waals surface area contributed by atoms with Gasteiger partial charge in [-0.25, -0.2) is 0 Å². The lowest BCUT2D eigenvalue weighted by Gasteiger charge is -2.05. The molecule has 3 nitrogen and oxygen atoms in total. The van der Waals surface area contributed by atoms with Gasteiger partial charge in [0.15, 0.2) is 5.78 Å². The molecule has 0 aliphatic heterocycles. The molecule has 0 radical (unpaired) electrons. The van der Waals surface area contributed by atoms with Crippen LogP contribution in [0.1, 0.15) is 23.0 Å². The molecule has 94 valence electrons. The fraction of sp³-hybridized carbons (Fsp3) is 0.231. The number of hydrogen-bond acceptors (Lipinski definition) is 2. The van der Waals surface area contributed by atoms with Crippen molar-refractivity contribution in [1.82, 2.24) is 9.78 Å². The molecule has 0 aliphatic carbocycles. The van der Waals surface area contributed by atoms with E-state index in [0.29, 0.717) is 18.7 Å². The number of Topliss-reactive ketones (excluding diaryl/α,β-unsaturated/α-hetero) is 1. The van der Waals surface area contributed by atoms with Crippen molar-refractivity contribution in [3.8, 4) is 0 Å². The number of benzene rings is 1. The van der Waals surface area contributed by atoms with Crippen molar-refractivity contribution < 1.29 is 4.79 Å². The maximum Gasteiger partial charge on any atom is 0.186 e. The average molecular weight is 372 g/mol. The smallest absolute Gasteiger partial charge is 0.186 e. The maximum atomic E-state index is 12.3. The fourth-order valence-electron chi connectivity index (χ4n) is 1.80. The monoisotopic (exact) mass is 370 g/mol. The highest BCUT2D eigenvalue weighted by Crippen LogP contribution is 2.19. The standard InChI is InChI=1S/C13H12Br2N2O/c1-2-17-13(11(15)8-16-17)12(18)7-9-4-3-5-10(14)6-9/h3-6,8H,2,7H2,1H3. The van der Waals surface area contributed by atoms with Crippen LogP contribution in [0.3, 0.4) is 0 Å². The largest absolute Gasteiger partial charge is 0.292 e. The van der Waals surface area contributed by atoms with Crippen molar-refractivity contribution in [2.24, 2.45) is 0 Å². The first-order chi connectivity index (χ1) is 8.61. The zero-order valence-corrected chi connectivity index (χ0v) is 13.0. The molecule has 0 saturated heterocycles. The molecule has 0 saturated carbocycles. The summed E-state index contributed by atoms with van der Waals surface area (Å²) < 4.78 is 3.45. The van der Waals surface area contributed by atoms with Gasteiger partial charge in [0.05, 0.1) is 10.7 Å². The van der Waals surface area contributed by atoms with Crippen LogP contribution >= 0.6 is 31.9 Å². The summed E-state index contributed by atoms with van der Waals surface area (Å²) in [5.74, 6) is 0.0688. The summed E-state index contributed by atoms with van der Waals surface area (Å²) >= 11 is 6.78. The lowest BCUT2D eigenvalue weighted by Crippen LogP contribution is -2.12. The Balaban J connectivity index is 2.24. The second kappa shape index (κ2) is 5.80. The van der Waals surface area contributed by atoms with Crippen molar-refractivity contribution in [3.63, 3.8) is 0 Å². The summed E-state index contributed by atoms with van der Waals surface area (Å²) in [6.45, 7) is 2.65. The molecule has 2 rings (SSSR count). The predicted octanol–water partition coefficient (Wildman–Crippen LogP) is 3.85. The molecule has 0 atom stereocenters. The van der Waals surface area contributed by atoms with E-state index in [-0.39, 0.29) is 5.78 Å². The molecule has 0 N–H and O–H groups in total. The quantitative estimate of drug-likeness (QED) is 0.765. The van der Waals surface area contributed by atoms with Gasteiger partial charge in [0.25, 0.3) is 0 Å². The van der Waals surface area contributed by atoms with Crippen LogP contribution in [0.15, 0.2) is 39.4 Å². The Kier molecular flexibility index (Phi) is 4.35. The Morgan fingerprint density at radius 2 is 2.17 bits per heavy atom. The molecule has 0 aliphatic rings. The molecule has 1 heterocycles. The van der Waals surface area contributed by atoms with Gasteiger partial charge in [0.1, 0.15) is 5.69 Å². The first kappa shape index (κ1) is 13.5. The van der Waals surface area contributed by atoms with E-state index in [1.54, 1.807) is 10.9 Å². The van der Waals surface area contributed by atoms with Crippen molar-refractivity contribution in [3.05, 3.63) is 50.7 Å². The number of carbonyl (C=O) groups is 1. The SMILES string of the molecule is CCn1ncc(Br)c1C(=O)Cc1cccc(Br)c1. The highest BCUT2D eigenvalue weighted by Gasteiger charge is 2.16. The van der Waals surface area contributed by atoms with Crippen LogP contribution in [-0.2, 0) is 13.0 Å². The van der Waals surface area contributed by atoms with Crippen molar-refractivity contribution >= 4 is 37.6 Å². The molecule has 0 unspecified atom stereocenters. The summed E-state index contributed by atoms with van der Waals surface area (Å²) in [5, 5.41) is 4.15. The molecule has 5 heteroatoms. The number of rotatable bonds is 4. The number of carbonyl (C=O) groups excluding carboxylic acids is 1. The number of aromatic nitrogens is 2. The second-order valence-corrected chi connectivity index (χ2v) is 5.66. The van der Waals surface area contributed by atoms with E-state index in [0.717, 1.165) is 14.5 Å². The fourth-order valence-corrected chi connectivity index (χ4v) is 2.76. The van der Waals surface area contributed by atoms with E-state index in [2.05, 4.69) is 37.0 Å². The summed E-state index contributed by atoms with van der Waals surface area (Å²) in [6.07, 6.45) is 2.04. The summed E-state index contributed by atoms with van der Waals surface area (Å²) in [5.41, 5.74) is 1.63. The summed E-state index contributed by atoms with van der Waals surface area (Å²) in [6, 6.07) is 7.78. The van der Waals surface area contributed by atoms with Gasteiger partial charge in [0, 0.05) is 17.4 Å². The van der Waals surface area contributed by atoms with Gasteiger partial charge in [-0.15, -0.1) is 0 Å². The first-order valence-corrected chi connectivity index (χ1v) is 7.19. The van der Waals surface area contributed by atoms with Crippen LogP contribution in [-0.4, -0.2) is 15.6 Å². The zero-order valence-electron chi connectivity index (χ0n) is 9.86. The Bertz CT molecular complexity index is 578. The molecule has 2 aromatic rings. The Labute approximate surface area is 122 Å². The summed E-state index contributed by atoms with van der Waals surface area (Å²) in [7, 11) is 0. The van der Waals surface area contributed by atoms with Gasteiger partial charge in [0.2, 0.25) is 0 Å². The van der Waals surface area contributed by atoms with Crippen LogP contribution in [0.4, 0.5) is 0 Å². The number of aryl methyl sites for hydroxylation is 1. The molecule has 0 bridgehead atoms. The average Bonchev–Trinajstić information content (AvgIpc) is 2.70. The zero-order chi connectivity index (χ0) is 13.1. The van der Waals surface area contributed by atoms with E-state index in [9.17, 15) is 4.79 Å². The van der Waals surface area contributed by atoms with E-state index in [4.69, 9.17) is 0 Å². The third kappa shape index (κ3) is 2.90. The van der Waals surface area contributed by atoms with Gasteiger partial charge >= 0.3 is 0 Å². The van der Waals surface area contributed by atoms with Gasteiger partial charge in [-0.1, -0.05) is 28.1 Å². The molecule has 0 amide bonds. The number of hydrogen-bond donors (Lipinski definition) is 0. The Morgan fingerprint density at radius 3 is 2.83 bits per heavy atom. The predicted molar refractivity (Wildman–Crippen MR) is 77.8 cm³/mol. The topological polar surface area (TPSA) is 34.9 Å². The highest BCUT2D eigenvalue weighted by molar-refractivity contribution is 9.10. The van der Waals surface area contributed by atoms with Gasteiger partial charge < -0.3 is 0 Å². The van der Waals surface area contributed by atoms with E-state index in [1.165, 1.54) is 0 Å². The molecule has 1 aromatic carbocycles. The number of halogens is 2. The molecule has 18 heavy (non-hydrogen) atoms. The van der Waals surface area contributed by atoms with Crippen molar-refractivity contribution in [1.29, 1.82) is 0 Å². The Hall–Kier alpha value is -0.940. The minimum absolute atomic E-state index is 0.0688. The molecule has 0 spiro atoms. The second-order valence-electron chi connectivity index (χ2n) is 3.89. The number of ketones is 1. The molecule has 1 aromatic heterocycles. The van der Waals surface area contributed by atoms with Crippen molar-refractivity contribution in [2.45, 2.75) is 19.9 Å². The molecular formula is C13H12Br2N2O. The third-order valence-electron chi connectivity index (χ3n) is 2.61. The molecular weight excluding hydrogens is 360 g/mol. The molecule has 0 fully saturated rings. The first-order valence-electron chi connectivity index (χ1n) is 5.60. The maximum absolute atomic E-state index is 12.3. The number of nitrogens with zero attached hydrogens (tertiary/aromatic N) is 2. The normalized spacial score (nSPS) is 10.6.